The summed E-state index contributed by atoms with van der Waals surface area (Å²) in [5.41, 5.74) is 2.51. The minimum atomic E-state index is -0.135. The van der Waals surface area contributed by atoms with Crippen LogP contribution in [0.5, 0.6) is 17.2 Å². The summed E-state index contributed by atoms with van der Waals surface area (Å²) in [7, 11) is 4.65. The number of hydrogen-bond acceptors (Lipinski definition) is 5. The number of ether oxygens (including phenoxy) is 3. The number of hydrogen-bond donors (Lipinski definition) is 1. The average Bonchev–Trinajstić information content (AvgIpc) is 3.22. The number of nitrogens with one attached hydrogen (secondary N) is 1. The van der Waals surface area contributed by atoms with E-state index in [9.17, 15) is 4.79 Å². The molecule has 0 fully saturated rings. The van der Waals surface area contributed by atoms with Gasteiger partial charge in [0.1, 0.15) is 0 Å². The third-order valence-corrected chi connectivity index (χ3v) is 5.03. The van der Waals surface area contributed by atoms with E-state index in [0.717, 1.165) is 21.7 Å². The maximum absolute atomic E-state index is 12.7. The van der Waals surface area contributed by atoms with E-state index < -0.39 is 0 Å². The number of benzene rings is 2. The summed E-state index contributed by atoms with van der Waals surface area (Å²) in [6.45, 7) is 0. The molecule has 3 aromatic rings. The smallest absolute Gasteiger partial charge is 0.228 e. The monoisotopic (exact) mass is 383 g/mol. The predicted octanol–water partition coefficient (Wildman–Crippen LogP) is 4.62. The van der Waals surface area contributed by atoms with E-state index in [2.05, 4.69) is 5.32 Å². The Balaban J connectivity index is 1.84. The third-order valence-electron chi connectivity index (χ3n) is 4.12. The summed E-state index contributed by atoms with van der Waals surface area (Å²) in [5, 5.41) is 5.02. The zero-order valence-electron chi connectivity index (χ0n) is 15.4. The van der Waals surface area contributed by atoms with E-state index in [1.54, 1.807) is 38.7 Å². The van der Waals surface area contributed by atoms with Crippen molar-refractivity contribution >= 4 is 22.9 Å². The van der Waals surface area contributed by atoms with Gasteiger partial charge >= 0.3 is 0 Å². The number of amides is 1. The Bertz CT molecular complexity index is 922. The van der Waals surface area contributed by atoms with Gasteiger partial charge in [-0.15, -0.1) is 11.3 Å². The van der Waals surface area contributed by atoms with E-state index in [1.165, 1.54) is 0 Å². The maximum atomic E-state index is 12.7. The first-order valence-electron chi connectivity index (χ1n) is 8.38. The van der Waals surface area contributed by atoms with Crippen LogP contribution in [-0.4, -0.2) is 27.2 Å². The molecule has 0 aliphatic rings. The fraction of sp³-hybridized carbons (Fsp3) is 0.190. The van der Waals surface area contributed by atoms with Gasteiger partial charge in [0, 0.05) is 21.7 Å². The molecule has 6 heteroatoms. The van der Waals surface area contributed by atoms with Crippen LogP contribution in [0.2, 0.25) is 0 Å². The van der Waals surface area contributed by atoms with Gasteiger partial charge in [0.25, 0.3) is 0 Å². The Morgan fingerprint density at radius 1 is 0.926 bits per heavy atom. The number of methoxy groups -OCH3 is 3. The number of carbonyl (C=O) groups excluding carboxylic acids is 1. The molecule has 0 radical (unpaired) electrons. The first-order chi connectivity index (χ1) is 13.2. The maximum Gasteiger partial charge on any atom is 0.228 e. The van der Waals surface area contributed by atoms with Crippen LogP contribution in [0.3, 0.4) is 0 Å². The standard InChI is InChI=1S/C21H21NO4S/c1-24-17-11-10-14(20(25-2)21(17)26-3)13-19(23)22-16-8-5-4-7-15(16)18-9-6-12-27-18/h4-12H,13H2,1-3H3,(H,22,23). The summed E-state index contributed by atoms with van der Waals surface area (Å²) in [4.78, 5) is 13.8. The quantitative estimate of drug-likeness (QED) is 0.647. The second-order valence-electron chi connectivity index (χ2n) is 5.74. The van der Waals surface area contributed by atoms with Gasteiger partial charge in [-0.25, -0.2) is 0 Å². The molecule has 0 spiro atoms. The molecule has 1 heterocycles. The SMILES string of the molecule is COc1ccc(CC(=O)Nc2ccccc2-c2cccs2)c(OC)c1OC. The van der Waals surface area contributed by atoms with Gasteiger partial charge in [0.15, 0.2) is 11.5 Å². The number of para-hydroxylation sites is 1. The molecule has 0 unspecified atom stereocenters. The van der Waals surface area contributed by atoms with Crippen molar-refractivity contribution in [1.82, 2.24) is 0 Å². The molecule has 0 aliphatic carbocycles. The van der Waals surface area contributed by atoms with Crippen molar-refractivity contribution in [3.05, 3.63) is 59.5 Å². The van der Waals surface area contributed by atoms with Crippen molar-refractivity contribution in [1.29, 1.82) is 0 Å². The van der Waals surface area contributed by atoms with Crippen LogP contribution in [0.1, 0.15) is 5.56 Å². The van der Waals surface area contributed by atoms with Crippen molar-refractivity contribution in [2.45, 2.75) is 6.42 Å². The molecular weight excluding hydrogens is 362 g/mol. The summed E-state index contributed by atoms with van der Waals surface area (Å²) >= 11 is 1.63. The molecule has 1 amide bonds. The zero-order valence-corrected chi connectivity index (χ0v) is 16.3. The Morgan fingerprint density at radius 3 is 2.37 bits per heavy atom. The third kappa shape index (κ3) is 4.06. The molecule has 5 nitrogen and oxygen atoms in total. The minimum Gasteiger partial charge on any atom is -0.493 e. The zero-order chi connectivity index (χ0) is 19.2. The largest absolute Gasteiger partial charge is 0.493 e. The number of rotatable bonds is 7. The number of carbonyl (C=O) groups is 1. The second kappa shape index (κ2) is 8.60. The highest BCUT2D eigenvalue weighted by Gasteiger charge is 2.18. The van der Waals surface area contributed by atoms with Crippen molar-refractivity contribution in [2.75, 3.05) is 26.6 Å². The van der Waals surface area contributed by atoms with Crippen LogP contribution in [0.4, 0.5) is 5.69 Å². The number of thiophene rings is 1. The summed E-state index contributed by atoms with van der Waals surface area (Å²) in [6, 6.07) is 15.4. The van der Waals surface area contributed by atoms with Gasteiger partial charge in [-0.2, -0.15) is 0 Å². The van der Waals surface area contributed by atoms with E-state index in [0.29, 0.717) is 17.2 Å². The molecule has 2 aromatic carbocycles. The Morgan fingerprint density at radius 2 is 1.70 bits per heavy atom. The topological polar surface area (TPSA) is 56.8 Å². The van der Waals surface area contributed by atoms with Gasteiger partial charge in [-0.3, -0.25) is 4.79 Å². The van der Waals surface area contributed by atoms with Gasteiger partial charge in [-0.1, -0.05) is 30.3 Å². The molecule has 1 N–H and O–H groups in total. The van der Waals surface area contributed by atoms with E-state index in [4.69, 9.17) is 14.2 Å². The van der Waals surface area contributed by atoms with Crippen LogP contribution < -0.4 is 19.5 Å². The molecule has 0 saturated heterocycles. The van der Waals surface area contributed by atoms with Crippen LogP contribution in [0.25, 0.3) is 10.4 Å². The molecule has 0 atom stereocenters. The van der Waals surface area contributed by atoms with E-state index in [-0.39, 0.29) is 12.3 Å². The van der Waals surface area contributed by atoms with Gasteiger partial charge in [0.05, 0.1) is 27.8 Å². The highest BCUT2D eigenvalue weighted by molar-refractivity contribution is 7.13. The number of anilines is 1. The molecule has 0 aliphatic heterocycles. The normalized spacial score (nSPS) is 10.3. The van der Waals surface area contributed by atoms with E-state index >= 15 is 0 Å². The van der Waals surface area contributed by atoms with Crippen molar-refractivity contribution in [3.63, 3.8) is 0 Å². The second-order valence-corrected chi connectivity index (χ2v) is 6.69. The van der Waals surface area contributed by atoms with Crippen molar-refractivity contribution in [2.24, 2.45) is 0 Å². The Labute approximate surface area is 162 Å². The molecule has 0 saturated carbocycles. The first kappa shape index (κ1) is 18.8. The highest BCUT2D eigenvalue weighted by atomic mass is 32.1. The van der Waals surface area contributed by atoms with Gasteiger partial charge in [0.2, 0.25) is 11.7 Å². The summed E-state index contributed by atoms with van der Waals surface area (Å²) < 4.78 is 16.1. The van der Waals surface area contributed by atoms with Gasteiger partial charge in [-0.05, 0) is 23.6 Å². The lowest BCUT2D eigenvalue weighted by Gasteiger charge is -2.16. The lowest BCUT2D eigenvalue weighted by atomic mass is 10.1. The fourth-order valence-electron chi connectivity index (χ4n) is 2.91. The van der Waals surface area contributed by atoms with Crippen LogP contribution in [0, 0.1) is 0 Å². The van der Waals surface area contributed by atoms with Crippen LogP contribution in [-0.2, 0) is 11.2 Å². The Hall–Kier alpha value is -2.99. The summed E-state index contributed by atoms with van der Waals surface area (Å²) in [6.07, 6.45) is 0.155. The summed E-state index contributed by atoms with van der Waals surface area (Å²) in [5.74, 6) is 1.40. The van der Waals surface area contributed by atoms with Crippen LogP contribution >= 0.6 is 11.3 Å². The van der Waals surface area contributed by atoms with Gasteiger partial charge < -0.3 is 19.5 Å². The fourth-order valence-corrected chi connectivity index (χ4v) is 3.67. The lowest BCUT2D eigenvalue weighted by Crippen LogP contribution is -2.15. The average molecular weight is 383 g/mol. The molecule has 3 rings (SSSR count). The van der Waals surface area contributed by atoms with E-state index in [1.807, 2.05) is 47.8 Å². The lowest BCUT2D eigenvalue weighted by molar-refractivity contribution is -0.115. The molecule has 27 heavy (non-hydrogen) atoms. The highest BCUT2D eigenvalue weighted by Crippen LogP contribution is 2.40. The molecule has 140 valence electrons. The predicted molar refractivity (Wildman–Crippen MR) is 108 cm³/mol. The Kier molecular flexibility index (Phi) is 5.98. The molecule has 0 bridgehead atoms. The van der Waals surface area contributed by atoms with Crippen molar-refractivity contribution < 1.29 is 19.0 Å². The van der Waals surface area contributed by atoms with Crippen molar-refractivity contribution in [3.8, 4) is 27.7 Å². The molecule has 1 aromatic heterocycles. The molecular formula is C21H21NO4S. The minimum absolute atomic E-state index is 0.135. The van der Waals surface area contributed by atoms with Crippen LogP contribution in [0.15, 0.2) is 53.9 Å². The first-order valence-corrected chi connectivity index (χ1v) is 9.26.